The molecule has 0 N–H and O–H groups in total. The molecule has 0 unspecified atom stereocenters. The van der Waals surface area contributed by atoms with E-state index in [1.165, 1.54) is 18.5 Å². The molecule has 1 aromatic rings. The van der Waals surface area contributed by atoms with Gasteiger partial charge in [0.25, 0.3) is 0 Å². The van der Waals surface area contributed by atoms with Gasteiger partial charge >= 0.3 is 0 Å². The van der Waals surface area contributed by atoms with Crippen LogP contribution in [-0.2, 0) is 0 Å². The first-order valence-corrected chi connectivity index (χ1v) is 5.27. The monoisotopic (exact) mass is 190 g/mol. The third-order valence-electron chi connectivity index (χ3n) is 2.15. The van der Waals surface area contributed by atoms with Gasteiger partial charge in [-0.25, -0.2) is 9.97 Å². The van der Waals surface area contributed by atoms with Gasteiger partial charge in [-0.05, 0) is 19.8 Å². The van der Waals surface area contributed by atoms with Crippen LogP contribution in [0.4, 0.5) is 0 Å². The summed E-state index contributed by atoms with van der Waals surface area (Å²) in [5.74, 6) is 1.54. The van der Waals surface area contributed by atoms with E-state index in [0.717, 1.165) is 11.4 Å². The lowest BCUT2D eigenvalue weighted by Gasteiger charge is -2.02. The van der Waals surface area contributed by atoms with Gasteiger partial charge in [-0.15, -0.1) is 0 Å². The van der Waals surface area contributed by atoms with E-state index in [2.05, 4.69) is 16.5 Å². The van der Waals surface area contributed by atoms with Gasteiger partial charge in [0.1, 0.15) is 5.82 Å². The first-order chi connectivity index (χ1) is 6.81. The average molecular weight is 190 g/mol. The van der Waals surface area contributed by atoms with Gasteiger partial charge in [0.2, 0.25) is 0 Å². The summed E-state index contributed by atoms with van der Waals surface area (Å²) < 4.78 is 0. The van der Waals surface area contributed by atoms with Crippen LogP contribution in [0.2, 0.25) is 0 Å². The summed E-state index contributed by atoms with van der Waals surface area (Å²) in [6.07, 6.45) is 6.25. The molecule has 1 aliphatic rings. The van der Waals surface area contributed by atoms with Crippen LogP contribution >= 0.6 is 0 Å². The molecule has 0 aliphatic heterocycles. The number of hydrogen-bond donors (Lipinski definition) is 0. The minimum absolute atomic E-state index is 0.680. The summed E-state index contributed by atoms with van der Waals surface area (Å²) in [6.45, 7) is 9.68. The van der Waals surface area contributed by atoms with Crippen LogP contribution < -0.4 is 0 Å². The molecule has 0 atom stereocenters. The molecule has 0 saturated heterocycles. The van der Waals surface area contributed by atoms with Gasteiger partial charge in [-0.2, -0.15) is 0 Å². The van der Waals surface area contributed by atoms with Crippen molar-refractivity contribution in [2.75, 3.05) is 0 Å². The predicted octanol–water partition coefficient (Wildman–Crippen LogP) is 3.33. The Morgan fingerprint density at radius 2 is 2.07 bits per heavy atom. The molecule has 1 saturated carbocycles. The third-order valence-corrected chi connectivity index (χ3v) is 2.15. The highest BCUT2D eigenvalue weighted by Crippen LogP contribution is 2.40. The Kier molecular flexibility index (Phi) is 3.81. The van der Waals surface area contributed by atoms with Gasteiger partial charge in [-0.3, -0.25) is 0 Å². The standard InChI is InChI=1S/C10H12N2.C2H6/c1-3-8-6-11-7(2)12-10(8)9-4-5-9;1-2/h3,6,9H,1,4-5H2,2H3;1-2H3. The zero-order valence-corrected chi connectivity index (χ0v) is 9.25. The summed E-state index contributed by atoms with van der Waals surface area (Å²) in [4.78, 5) is 8.56. The lowest BCUT2D eigenvalue weighted by atomic mass is 10.1. The van der Waals surface area contributed by atoms with Crippen molar-refractivity contribution in [3.63, 3.8) is 0 Å². The first kappa shape index (κ1) is 10.9. The van der Waals surface area contributed by atoms with E-state index in [-0.39, 0.29) is 0 Å². The van der Waals surface area contributed by atoms with Crippen LogP contribution in [0.1, 0.15) is 49.7 Å². The molecule has 1 fully saturated rings. The fourth-order valence-corrected chi connectivity index (χ4v) is 1.34. The Hall–Kier alpha value is -1.18. The van der Waals surface area contributed by atoms with Crippen LogP contribution in [0.15, 0.2) is 12.8 Å². The van der Waals surface area contributed by atoms with E-state index in [0.29, 0.717) is 5.92 Å². The van der Waals surface area contributed by atoms with E-state index in [9.17, 15) is 0 Å². The summed E-state index contributed by atoms with van der Waals surface area (Å²) >= 11 is 0. The Bertz CT molecular complexity index is 314. The highest BCUT2D eigenvalue weighted by molar-refractivity contribution is 5.50. The number of aromatic nitrogens is 2. The van der Waals surface area contributed by atoms with Gasteiger partial charge < -0.3 is 0 Å². The topological polar surface area (TPSA) is 25.8 Å². The molecular weight excluding hydrogens is 172 g/mol. The third kappa shape index (κ3) is 2.41. The maximum Gasteiger partial charge on any atom is 0.125 e. The predicted molar refractivity (Wildman–Crippen MR) is 60.2 cm³/mol. The van der Waals surface area contributed by atoms with Crippen molar-refractivity contribution >= 4 is 6.08 Å². The molecule has 2 heteroatoms. The van der Waals surface area contributed by atoms with E-state index in [1.54, 1.807) is 0 Å². The quantitative estimate of drug-likeness (QED) is 0.714. The Balaban J connectivity index is 0.000000461. The fraction of sp³-hybridized carbons (Fsp3) is 0.500. The molecule has 0 spiro atoms. The minimum atomic E-state index is 0.680. The highest BCUT2D eigenvalue weighted by atomic mass is 14.9. The Labute approximate surface area is 86.1 Å². The van der Waals surface area contributed by atoms with Crippen molar-refractivity contribution in [1.29, 1.82) is 0 Å². The summed E-state index contributed by atoms with van der Waals surface area (Å²) in [7, 11) is 0. The SMILES string of the molecule is C=Cc1cnc(C)nc1C1CC1.CC. The number of rotatable bonds is 2. The molecule has 1 heterocycles. The molecule has 2 nitrogen and oxygen atoms in total. The molecule has 1 aliphatic carbocycles. The zero-order valence-electron chi connectivity index (χ0n) is 9.25. The normalized spacial score (nSPS) is 14.2. The van der Waals surface area contributed by atoms with Gasteiger partial charge in [0.15, 0.2) is 0 Å². The molecule has 0 aromatic carbocycles. The Morgan fingerprint density at radius 1 is 1.43 bits per heavy atom. The second kappa shape index (κ2) is 4.89. The van der Waals surface area contributed by atoms with Crippen LogP contribution in [0, 0.1) is 6.92 Å². The van der Waals surface area contributed by atoms with Crippen LogP contribution in [-0.4, -0.2) is 9.97 Å². The van der Waals surface area contributed by atoms with Crippen molar-refractivity contribution in [2.24, 2.45) is 0 Å². The van der Waals surface area contributed by atoms with Gasteiger partial charge in [0.05, 0.1) is 5.69 Å². The molecule has 76 valence electrons. The number of hydrogen-bond acceptors (Lipinski definition) is 2. The molecule has 14 heavy (non-hydrogen) atoms. The largest absolute Gasteiger partial charge is 0.241 e. The maximum absolute atomic E-state index is 4.42. The zero-order chi connectivity index (χ0) is 10.6. The molecule has 0 bridgehead atoms. The van der Waals surface area contributed by atoms with E-state index >= 15 is 0 Å². The van der Waals surface area contributed by atoms with Crippen molar-refractivity contribution in [3.8, 4) is 0 Å². The summed E-state index contributed by atoms with van der Waals surface area (Å²) in [5.41, 5.74) is 2.29. The number of aryl methyl sites for hydroxylation is 1. The maximum atomic E-state index is 4.42. The molecular formula is C12H18N2. The van der Waals surface area contributed by atoms with Gasteiger partial charge in [-0.1, -0.05) is 26.5 Å². The van der Waals surface area contributed by atoms with Crippen molar-refractivity contribution in [1.82, 2.24) is 9.97 Å². The van der Waals surface area contributed by atoms with Crippen LogP contribution in [0.25, 0.3) is 6.08 Å². The molecule has 1 aromatic heterocycles. The lowest BCUT2D eigenvalue weighted by molar-refractivity contribution is 0.934. The Morgan fingerprint density at radius 3 is 2.57 bits per heavy atom. The van der Waals surface area contributed by atoms with Crippen LogP contribution in [0.5, 0.6) is 0 Å². The summed E-state index contributed by atoms with van der Waals surface area (Å²) in [6, 6.07) is 0. The summed E-state index contributed by atoms with van der Waals surface area (Å²) in [5, 5.41) is 0. The minimum Gasteiger partial charge on any atom is -0.241 e. The van der Waals surface area contributed by atoms with E-state index in [1.807, 2.05) is 33.0 Å². The van der Waals surface area contributed by atoms with Gasteiger partial charge in [0, 0.05) is 17.7 Å². The van der Waals surface area contributed by atoms with Crippen molar-refractivity contribution < 1.29 is 0 Å². The lowest BCUT2D eigenvalue weighted by Crippen LogP contribution is -1.96. The molecule has 0 amide bonds. The van der Waals surface area contributed by atoms with E-state index < -0.39 is 0 Å². The molecule has 0 radical (unpaired) electrons. The molecule has 2 rings (SSSR count). The van der Waals surface area contributed by atoms with E-state index in [4.69, 9.17) is 0 Å². The second-order valence-corrected chi connectivity index (χ2v) is 3.24. The number of nitrogens with zero attached hydrogens (tertiary/aromatic N) is 2. The van der Waals surface area contributed by atoms with Crippen molar-refractivity contribution in [3.05, 3.63) is 29.9 Å². The first-order valence-electron chi connectivity index (χ1n) is 5.27. The average Bonchev–Trinajstić information content (AvgIpc) is 3.04. The fourth-order valence-electron chi connectivity index (χ4n) is 1.34. The second-order valence-electron chi connectivity index (χ2n) is 3.24. The highest BCUT2D eigenvalue weighted by Gasteiger charge is 2.27. The smallest absolute Gasteiger partial charge is 0.125 e. The van der Waals surface area contributed by atoms with Crippen molar-refractivity contribution in [2.45, 2.75) is 39.5 Å². The van der Waals surface area contributed by atoms with Crippen LogP contribution in [0.3, 0.4) is 0 Å².